The SMILES string of the molecule is O=C(O)c1ccnc(NCCOCCO)c1Cl. The molecule has 0 spiro atoms. The number of aliphatic hydroxyl groups excluding tert-OH is 1. The van der Waals surface area contributed by atoms with Gasteiger partial charge in [-0.1, -0.05) is 11.6 Å². The van der Waals surface area contributed by atoms with Gasteiger partial charge >= 0.3 is 5.97 Å². The van der Waals surface area contributed by atoms with E-state index in [0.717, 1.165) is 0 Å². The molecule has 0 atom stereocenters. The Labute approximate surface area is 103 Å². The molecule has 0 amide bonds. The van der Waals surface area contributed by atoms with Crippen molar-refractivity contribution in [2.24, 2.45) is 0 Å². The van der Waals surface area contributed by atoms with Gasteiger partial charge in [0.15, 0.2) is 0 Å². The number of nitrogens with one attached hydrogen (secondary N) is 1. The number of nitrogens with zero attached hydrogens (tertiary/aromatic N) is 1. The number of anilines is 1. The summed E-state index contributed by atoms with van der Waals surface area (Å²) in [5.74, 6) is -0.795. The molecular weight excluding hydrogens is 248 g/mol. The molecule has 7 heteroatoms. The first-order valence-electron chi connectivity index (χ1n) is 4.97. The van der Waals surface area contributed by atoms with E-state index >= 15 is 0 Å². The van der Waals surface area contributed by atoms with Gasteiger partial charge in [0.1, 0.15) is 5.82 Å². The number of aromatic carboxylic acids is 1. The van der Waals surface area contributed by atoms with Crippen LogP contribution in [0.15, 0.2) is 12.3 Å². The third-order valence-electron chi connectivity index (χ3n) is 1.89. The lowest BCUT2D eigenvalue weighted by Gasteiger charge is -2.08. The van der Waals surface area contributed by atoms with Gasteiger partial charge < -0.3 is 20.3 Å². The Kier molecular flexibility index (Phi) is 5.68. The zero-order chi connectivity index (χ0) is 12.7. The van der Waals surface area contributed by atoms with Gasteiger partial charge in [0.25, 0.3) is 0 Å². The molecule has 6 nitrogen and oxygen atoms in total. The minimum atomic E-state index is -1.10. The normalized spacial score (nSPS) is 10.2. The maximum atomic E-state index is 10.8. The molecule has 0 aliphatic rings. The van der Waals surface area contributed by atoms with Gasteiger partial charge in [0.2, 0.25) is 0 Å². The fourth-order valence-corrected chi connectivity index (χ4v) is 1.40. The van der Waals surface area contributed by atoms with E-state index in [2.05, 4.69) is 10.3 Å². The third kappa shape index (κ3) is 4.18. The number of pyridine rings is 1. The number of rotatable bonds is 7. The van der Waals surface area contributed by atoms with Crippen molar-refractivity contribution < 1.29 is 19.7 Å². The fourth-order valence-electron chi connectivity index (χ4n) is 1.14. The predicted molar refractivity (Wildman–Crippen MR) is 62.6 cm³/mol. The van der Waals surface area contributed by atoms with Crippen molar-refractivity contribution in [3.05, 3.63) is 22.8 Å². The van der Waals surface area contributed by atoms with E-state index in [0.29, 0.717) is 19.0 Å². The van der Waals surface area contributed by atoms with Crippen LogP contribution in [-0.4, -0.2) is 47.5 Å². The summed E-state index contributed by atoms with van der Waals surface area (Å²) in [6, 6.07) is 1.33. The largest absolute Gasteiger partial charge is 0.478 e. The lowest BCUT2D eigenvalue weighted by molar-refractivity contribution is 0.0697. The second-order valence-electron chi connectivity index (χ2n) is 3.09. The lowest BCUT2D eigenvalue weighted by atomic mass is 10.2. The third-order valence-corrected chi connectivity index (χ3v) is 2.28. The standard InChI is InChI=1S/C10H13ClN2O4/c11-8-7(10(15)16)1-2-12-9(8)13-3-5-17-6-4-14/h1-2,14H,3-6H2,(H,12,13)(H,15,16). The van der Waals surface area contributed by atoms with E-state index in [4.69, 9.17) is 26.6 Å². The van der Waals surface area contributed by atoms with Crippen molar-refractivity contribution in [2.45, 2.75) is 0 Å². The van der Waals surface area contributed by atoms with Gasteiger partial charge in [-0.05, 0) is 6.07 Å². The smallest absolute Gasteiger partial charge is 0.337 e. The van der Waals surface area contributed by atoms with E-state index in [1.807, 2.05) is 0 Å². The van der Waals surface area contributed by atoms with Gasteiger partial charge in [-0.25, -0.2) is 9.78 Å². The summed E-state index contributed by atoms with van der Waals surface area (Å²) in [5.41, 5.74) is 0.000410. The van der Waals surface area contributed by atoms with Crippen molar-refractivity contribution in [3.63, 3.8) is 0 Å². The summed E-state index contributed by atoms with van der Waals surface area (Å²) < 4.78 is 5.02. The van der Waals surface area contributed by atoms with Crippen LogP contribution in [0, 0.1) is 0 Å². The van der Waals surface area contributed by atoms with Gasteiger partial charge in [-0.3, -0.25) is 0 Å². The number of hydrogen-bond donors (Lipinski definition) is 3. The Morgan fingerprint density at radius 2 is 2.29 bits per heavy atom. The first kappa shape index (κ1) is 13.7. The molecule has 94 valence electrons. The molecule has 0 aliphatic heterocycles. The molecule has 1 heterocycles. The quantitative estimate of drug-likeness (QED) is 0.630. The van der Waals surface area contributed by atoms with Crippen LogP contribution in [0.25, 0.3) is 0 Å². The zero-order valence-electron chi connectivity index (χ0n) is 9.02. The molecule has 17 heavy (non-hydrogen) atoms. The fraction of sp³-hybridized carbons (Fsp3) is 0.400. The number of carbonyl (C=O) groups is 1. The molecule has 0 aliphatic carbocycles. The zero-order valence-corrected chi connectivity index (χ0v) is 9.78. The molecule has 0 saturated heterocycles. The van der Waals surface area contributed by atoms with Gasteiger partial charge in [0.05, 0.1) is 30.4 Å². The predicted octanol–water partition coefficient (Wildman–Crippen LogP) is 0.854. The van der Waals surface area contributed by atoms with Crippen LogP contribution in [0.5, 0.6) is 0 Å². The number of carboxylic acids is 1. The molecule has 0 radical (unpaired) electrons. The Morgan fingerprint density at radius 1 is 1.53 bits per heavy atom. The van der Waals surface area contributed by atoms with Crippen molar-refractivity contribution in [1.29, 1.82) is 0 Å². The molecule has 1 rings (SSSR count). The number of aliphatic hydroxyl groups is 1. The molecule has 0 bridgehead atoms. The highest BCUT2D eigenvalue weighted by molar-refractivity contribution is 6.35. The van der Waals surface area contributed by atoms with Crippen molar-refractivity contribution in [1.82, 2.24) is 4.98 Å². The van der Waals surface area contributed by atoms with Crippen molar-refractivity contribution >= 4 is 23.4 Å². The highest BCUT2D eigenvalue weighted by atomic mass is 35.5. The van der Waals surface area contributed by atoms with Crippen LogP contribution in [-0.2, 0) is 4.74 Å². The van der Waals surface area contributed by atoms with Crippen molar-refractivity contribution in [2.75, 3.05) is 31.7 Å². The molecule has 3 N–H and O–H groups in total. The van der Waals surface area contributed by atoms with Crippen LogP contribution in [0.1, 0.15) is 10.4 Å². The average Bonchev–Trinajstić information content (AvgIpc) is 2.30. The average molecular weight is 261 g/mol. The van der Waals surface area contributed by atoms with E-state index in [1.165, 1.54) is 12.3 Å². The topological polar surface area (TPSA) is 91.7 Å². The molecule has 0 fully saturated rings. The summed E-state index contributed by atoms with van der Waals surface area (Å²) >= 11 is 5.86. The van der Waals surface area contributed by atoms with Crippen LogP contribution >= 0.6 is 11.6 Å². The second kappa shape index (κ2) is 7.05. The summed E-state index contributed by atoms with van der Waals surface area (Å²) in [4.78, 5) is 14.7. The first-order chi connectivity index (χ1) is 8.16. The van der Waals surface area contributed by atoms with E-state index in [-0.39, 0.29) is 23.8 Å². The van der Waals surface area contributed by atoms with Gasteiger partial charge in [0, 0.05) is 12.7 Å². The van der Waals surface area contributed by atoms with Crippen LogP contribution in [0.2, 0.25) is 5.02 Å². The Morgan fingerprint density at radius 3 is 2.94 bits per heavy atom. The Bertz CT molecular complexity index is 387. The summed E-state index contributed by atoms with van der Waals surface area (Å²) in [5, 5.41) is 20.2. The summed E-state index contributed by atoms with van der Waals surface area (Å²) in [6.07, 6.45) is 1.37. The highest BCUT2D eigenvalue weighted by Gasteiger charge is 2.12. The number of hydrogen-bond acceptors (Lipinski definition) is 5. The van der Waals surface area contributed by atoms with E-state index < -0.39 is 5.97 Å². The van der Waals surface area contributed by atoms with Crippen LogP contribution < -0.4 is 5.32 Å². The number of aromatic nitrogens is 1. The monoisotopic (exact) mass is 260 g/mol. The number of carboxylic acid groups (broad SMARTS) is 1. The van der Waals surface area contributed by atoms with Gasteiger partial charge in [-0.15, -0.1) is 0 Å². The highest BCUT2D eigenvalue weighted by Crippen LogP contribution is 2.23. The molecule has 0 aromatic carbocycles. The first-order valence-corrected chi connectivity index (χ1v) is 5.35. The molecule has 1 aromatic rings. The number of halogens is 1. The molecule has 0 unspecified atom stereocenters. The molecule has 0 saturated carbocycles. The number of ether oxygens (including phenoxy) is 1. The van der Waals surface area contributed by atoms with E-state index in [9.17, 15) is 4.79 Å². The lowest BCUT2D eigenvalue weighted by Crippen LogP contribution is -2.13. The Balaban J connectivity index is 2.54. The van der Waals surface area contributed by atoms with Crippen molar-refractivity contribution in [3.8, 4) is 0 Å². The van der Waals surface area contributed by atoms with Crippen LogP contribution in [0.3, 0.4) is 0 Å². The van der Waals surface area contributed by atoms with Gasteiger partial charge in [-0.2, -0.15) is 0 Å². The molecule has 1 aromatic heterocycles. The summed E-state index contributed by atoms with van der Waals surface area (Å²) in [7, 11) is 0. The second-order valence-corrected chi connectivity index (χ2v) is 3.47. The minimum Gasteiger partial charge on any atom is -0.478 e. The summed E-state index contributed by atoms with van der Waals surface area (Å²) in [6.45, 7) is 1.02. The maximum absolute atomic E-state index is 10.8. The molecular formula is C10H13ClN2O4. The van der Waals surface area contributed by atoms with Crippen LogP contribution in [0.4, 0.5) is 5.82 Å². The Hall–Kier alpha value is -1.37. The minimum absolute atomic E-state index is 0.000410. The van der Waals surface area contributed by atoms with E-state index in [1.54, 1.807) is 0 Å². The maximum Gasteiger partial charge on any atom is 0.337 e.